The van der Waals surface area contributed by atoms with Gasteiger partial charge in [-0.25, -0.2) is 13.4 Å². The van der Waals surface area contributed by atoms with Gasteiger partial charge in [0.25, 0.3) is 0 Å². The quantitative estimate of drug-likeness (QED) is 0.336. The predicted octanol–water partition coefficient (Wildman–Crippen LogP) is 3.49. The summed E-state index contributed by atoms with van der Waals surface area (Å²) in [6, 6.07) is 5.28. The van der Waals surface area contributed by atoms with Gasteiger partial charge < -0.3 is 10.6 Å². The number of hydrogen-bond acceptors (Lipinski definition) is 3. The fraction of sp³-hybridized carbons (Fsp3) is 0.533. The number of halogens is 3. The number of benzene rings is 1. The molecule has 0 fully saturated rings. The molecular formula is C15H24Cl2IN3O2S. The van der Waals surface area contributed by atoms with Crippen LogP contribution in [0.1, 0.15) is 25.8 Å². The third kappa shape index (κ3) is 9.90. The zero-order valence-corrected chi connectivity index (χ0v) is 18.6. The lowest BCUT2D eigenvalue weighted by Gasteiger charge is -2.17. The number of hydrogen-bond donors (Lipinski definition) is 2. The Morgan fingerprint density at radius 1 is 1.33 bits per heavy atom. The molecule has 0 aliphatic carbocycles. The molecule has 5 nitrogen and oxygen atoms in total. The molecule has 0 radical (unpaired) electrons. The van der Waals surface area contributed by atoms with E-state index in [0.717, 1.165) is 5.56 Å². The molecule has 1 atom stereocenters. The van der Waals surface area contributed by atoms with Gasteiger partial charge in [0.1, 0.15) is 9.84 Å². The van der Waals surface area contributed by atoms with E-state index in [2.05, 4.69) is 15.6 Å². The van der Waals surface area contributed by atoms with Gasteiger partial charge >= 0.3 is 0 Å². The summed E-state index contributed by atoms with van der Waals surface area (Å²) in [7, 11) is -2.96. The van der Waals surface area contributed by atoms with Gasteiger partial charge in [-0.1, -0.05) is 29.3 Å². The standard InChI is InChI=1S/C15H23Cl2N3O2S.HI/c1-4-18-15(20-11(2)7-8-23(3,21)22)19-10-12-5-6-13(16)9-14(12)17;/h5-6,9,11H,4,7-8,10H2,1-3H3,(H2,18,19,20);1H. The number of nitrogens with zero attached hydrogens (tertiary/aromatic N) is 1. The molecule has 1 rings (SSSR count). The number of guanidine groups is 1. The lowest BCUT2D eigenvalue weighted by Crippen LogP contribution is -2.42. The van der Waals surface area contributed by atoms with E-state index in [1.54, 1.807) is 12.1 Å². The first-order valence-electron chi connectivity index (χ1n) is 7.37. The Bertz CT molecular complexity index is 654. The Labute approximate surface area is 171 Å². The van der Waals surface area contributed by atoms with Gasteiger partial charge in [-0.05, 0) is 38.0 Å². The highest BCUT2D eigenvalue weighted by atomic mass is 127. The molecular weight excluding hydrogens is 484 g/mol. The Hall–Kier alpha value is -0.250. The van der Waals surface area contributed by atoms with Crippen LogP contribution in [0.5, 0.6) is 0 Å². The summed E-state index contributed by atoms with van der Waals surface area (Å²) in [5.41, 5.74) is 0.872. The van der Waals surface area contributed by atoms with E-state index in [9.17, 15) is 8.42 Å². The van der Waals surface area contributed by atoms with Gasteiger partial charge in [0, 0.05) is 28.9 Å². The number of nitrogens with one attached hydrogen (secondary N) is 2. The highest BCUT2D eigenvalue weighted by Gasteiger charge is 2.09. The van der Waals surface area contributed by atoms with E-state index in [1.807, 2.05) is 19.9 Å². The molecule has 24 heavy (non-hydrogen) atoms. The fourth-order valence-corrected chi connectivity index (χ4v) is 3.08. The van der Waals surface area contributed by atoms with Crippen molar-refractivity contribution in [3.8, 4) is 0 Å². The third-order valence-corrected chi connectivity index (χ3v) is 4.64. The molecule has 1 aromatic rings. The van der Waals surface area contributed by atoms with Gasteiger partial charge in [-0.2, -0.15) is 0 Å². The van der Waals surface area contributed by atoms with Crippen molar-refractivity contribution in [2.75, 3.05) is 18.6 Å². The minimum absolute atomic E-state index is 0. The van der Waals surface area contributed by atoms with E-state index in [1.165, 1.54) is 6.26 Å². The Morgan fingerprint density at radius 2 is 2.00 bits per heavy atom. The lowest BCUT2D eigenvalue weighted by atomic mass is 10.2. The highest BCUT2D eigenvalue weighted by Crippen LogP contribution is 2.21. The maximum absolute atomic E-state index is 11.2. The van der Waals surface area contributed by atoms with Crippen molar-refractivity contribution in [1.29, 1.82) is 0 Å². The molecule has 0 heterocycles. The zero-order valence-electron chi connectivity index (χ0n) is 14.0. The van der Waals surface area contributed by atoms with Crippen molar-refractivity contribution < 1.29 is 8.42 Å². The summed E-state index contributed by atoms with van der Waals surface area (Å²) < 4.78 is 22.4. The van der Waals surface area contributed by atoms with Crippen LogP contribution in [0.25, 0.3) is 0 Å². The smallest absolute Gasteiger partial charge is 0.191 e. The molecule has 0 saturated heterocycles. The van der Waals surface area contributed by atoms with Crippen LogP contribution in [-0.2, 0) is 16.4 Å². The summed E-state index contributed by atoms with van der Waals surface area (Å²) in [6.07, 6.45) is 1.76. The van der Waals surface area contributed by atoms with E-state index in [4.69, 9.17) is 23.2 Å². The van der Waals surface area contributed by atoms with Crippen LogP contribution in [0.2, 0.25) is 10.0 Å². The van der Waals surface area contributed by atoms with Crippen LogP contribution in [-0.4, -0.2) is 39.0 Å². The SMILES string of the molecule is CCNC(=NCc1ccc(Cl)cc1Cl)NC(C)CCS(C)(=O)=O.I. The fourth-order valence-electron chi connectivity index (χ4n) is 1.83. The van der Waals surface area contributed by atoms with E-state index < -0.39 is 9.84 Å². The van der Waals surface area contributed by atoms with Crippen LogP contribution in [0, 0.1) is 0 Å². The molecule has 0 aromatic heterocycles. The maximum atomic E-state index is 11.2. The van der Waals surface area contributed by atoms with Crippen molar-refractivity contribution in [2.45, 2.75) is 32.9 Å². The molecule has 138 valence electrons. The Kier molecular flexibility index (Phi) is 11.3. The summed E-state index contributed by atoms with van der Waals surface area (Å²) in [6.45, 7) is 5.00. The largest absolute Gasteiger partial charge is 0.357 e. The van der Waals surface area contributed by atoms with Crippen molar-refractivity contribution >= 4 is 63.0 Å². The van der Waals surface area contributed by atoms with E-state index in [-0.39, 0.29) is 35.8 Å². The normalized spacial score (nSPS) is 13.1. The van der Waals surface area contributed by atoms with Crippen LogP contribution in [0.3, 0.4) is 0 Å². The second kappa shape index (κ2) is 11.4. The number of aliphatic imine (C=N–C) groups is 1. The average molecular weight is 508 g/mol. The number of sulfone groups is 1. The molecule has 2 N–H and O–H groups in total. The van der Waals surface area contributed by atoms with Crippen LogP contribution >= 0.6 is 47.2 Å². The second-order valence-corrected chi connectivity index (χ2v) is 8.50. The van der Waals surface area contributed by atoms with Gasteiger partial charge in [0.2, 0.25) is 0 Å². The summed E-state index contributed by atoms with van der Waals surface area (Å²) >= 11 is 12.0. The molecule has 0 amide bonds. The maximum Gasteiger partial charge on any atom is 0.191 e. The minimum atomic E-state index is -2.96. The molecule has 9 heteroatoms. The topological polar surface area (TPSA) is 70.6 Å². The number of rotatable bonds is 7. The van der Waals surface area contributed by atoms with Crippen LogP contribution in [0.15, 0.2) is 23.2 Å². The van der Waals surface area contributed by atoms with Gasteiger partial charge in [-0.3, -0.25) is 0 Å². The van der Waals surface area contributed by atoms with Crippen molar-refractivity contribution in [1.82, 2.24) is 10.6 Å². The Balaban J connectivity index is 0.00000529. The van der Waals surface area contributed by atoms with Crippen molar-refractivity contribution in [3.63, 3.8) is 0 Å². The summed E-state index contributed by atoms with van der Waals surface area (Å²) in [5, 5.41) is 7.49. The first kappa shape index (κ1) is 23.8. The third-order valence-electron chi connectivity index (χ3n) is 3.07. The highest BCUT2D eigenvalue weighted by molar-refractivity contribution is 14.0. The second-order valence-electron chi connectivity index (χ2n) is 5.39. The van der Waals surface area contributed by atoms with E-state index >= 15 is 0 Å². The molecule has 0 spiro atoms. The minimum Gasteiger partial charge on any atom is -0.357 e. The summed E-state index contributed by atoms with van der Waals surface area (Å²) in [5.74, 6) is 0.767. The molecule has 0 aliphatic rings. The molecule has 0 saturated carbocycles. The van der Waals surface area contributed by atoms with Gasteiger partial charge in [0.15, 0.2) is 5.96 Å². The molecule has 1 unspecified atom stereocenters. The summed E-state index contributed by atoms with van der Waals surface area (Å²) in [4.78, 5) is 4.48. The van der Waals surface area contributed by atoms with Crippen molar-refractivity contribution in [3.05, 3.63) is 33.8 Å². The molecule has 0 bridgehead atoms. The average Bonchev–Trinajstić information content (AvgIpc) is 2.43. The van der Waals surface area contributed by atoms with Gasteiger partial charge in [-0.15, -0.1) is 24.0 Å². The van der Waals surface area contributed by atoms with Gasteiger partial charge in [0.05, 0.1) is 12.3 Å². The molecule has 0 aliphatic heterocycles. The Morgan fingerprint density at radius 3 is 2.54 bits per heavy atom. The predicted molar refractivity (Wildman–Crippen MR) is 114 cm³/mol. The van der Waals surface area contributed by atoms with Crippen molar-refractivity contribution in [2.24, 2.45) is 4.99 Å². The first-order chi connectivity index (χ1) is 10.7. The molecule has 1 aromatic carbocycles. The first-order valence-corrected chi connectivity index (χ1v) is 10.2. The lowest BCUT2D eigenvalue weighted by molar-refractivity contribution is 0.581. The zero-order chi connectivity index (χ0) is 17.5. The van der Waals surface area contributed by atoms with Crippen LogP contribution in [0.4, 0.5) is 0 Å². The van der Waals surface area contributed by atoms with E-state index in [0.29, 0.717) is 35.5 Å². The van der Waals surface area contributed by atoms with Crippen LogP contribution < -0.4 is 10.6 Å². The monoisotopic (exact) mass is 507 g/mol.